The maximum atomic E-state index is 13.8. The third kappa shape index (κ3) is 4.54. The second-order valence-corrected chi connectivity index (χ2v) is 10.9. The van der Waals surface area contributed by atoms with Crippen LogP contribution in [0.25, 0.3) is 0 Å². The number of rotatable bonds is 8. The molecule has 13 nitrogen and oxygen atoms in total. The van der Waals surface area contributed by atoms with Crippen LogP contribution in [-0.2, 0) is 23.9 Å². The lowest BCUT2D eigenvalue weighted by Gasteiger charge is -2.54. The molecule has 6 atom stereocenters. The quantitative estimate of drug-likeness (QED) is 0.141. The number of unbranched alkanes of at least 4 members (excludes halogenated alkanes) is 1. The minimum absolute atomic E-state index is 0.0417. The zero-order valence-electron chi connectivity index (χ0n) is 22.8. The fourth-order valence-corrected chi connectivity index (χ4v) is 6.47. The second kappa shape index (κ2) is 10.6. The number of phenols is 1. The Bertz CT molecular complexity index is 1410. The van der Waals surface area contributed by atoms with Crippen LogP contribution in [0.1, 0.15) is 54.4 Å². The molecule has 0 aliphatic heterocycles. The van der Waals surface area contributed by atoms with Crippen molar-refractivity contribution in [3.05, 3.63) is 52.0 Å². The van der Waals surface area contributed by atoms with Crippen LogP contribution < -0.4 is 11.5 Å². The molecule has 2 amide bonds. The van der Waals surface area contributed by atoms with Gasteiger partial charge in [-0.25, -0.2) is 0 Å². The van der Waals surface area contributed by atoms with Crippen LogP contribution >= 0.6 is 0 Å². The Labute approximate surface area is 235 Å². The second-order valence-electron chi connectivity index (χ2n) is 10.9. The van der Waals surface area contributed by atoms with E-state index in [2.05, 4.69) is 0 Å². The molecule has 0 saturated carbocycles. The maximum Gasteiger partial charge on any atom is 0.306 e. The zero-order valence-corrected chi connectivity index (χ0v) is 22.8. The molecule has 8 N–H and O–H groups in total. The molecule has 4 rings (SSSR count). The molecule has 1 aromatic rings. The highest BCUT2D eigenvalue weighted by atomic mass is 16.5. The summed E-state index contributed by atoms with van der Waals surface area (Å²) in [6, 6.07) is 3.01. The first-order valence-electron chi connectivity index (χ1n) is 13.1. The molecule has 0 fully saturated rings. The monoisotopic (exact) mass is 571 g/mol. The van der Waals surface area contributed by atoms with Gasteiger partial charge in [-0.3, -0.25) is 28.9 Å². The smallest absolute Gasteiger partial charge is 0.306 e. The molecule has 0 bridgehead atoms. The van der Waals surface area contributed by atoms with Gasteiger partial charge in [-0.1, -0.05) is 19.1 Å². The Morgan fingerprint density at radius 2 is 1.68 bits per heavy atom. The average molecular weight is 572 g/mol. The number of hydrogen-bond acceptors (Lipinski definition) is 11. The van der Waals surface area contributed by atoms with Gasteiger partial charge in [0.1, 0.15) is 28.9 Å². The Morgan fingerprint density at radius 1 is 1.05 bits per heavy atom. The summed E-state index contributed by atoms with van der Waals surface area (Å²) >= 11 is 0. The third-order valence-corrected chi connectivity index (χ3v) is 8.29. The predicted molar refractivity (Wildman–Crippen MR) is 141 cm³/mol. The number of aliphatic hydroxyl groups is 3. The van der Waals surface area contributed by atoms with E-state index in [1.54, 1.807) is 13.0 Å². The van der Waals surface area contributed by atoms with Gasteiger partial charge in [-0.05, 0) is 44.5 Å². The zero-order chi connectivity index (χ0) is 30.5. The van der Waals surface area contributed by atoms with Gasteiger partial charge in [0.15, 0.2) is 11.4 Å². The third-order valence-electron chi connectivity index (χ3n) is 8.29. The lowest BCUT2D eigenvalue weighted by atomic mass is 9.55. The molecule has 0 heterocycles. The van der Waals surface area contributed by atoms with Gasteiger partial charge in [0.05, 0.1) is 17.5 Å². The Hall–Kier alpha value is -4.23. The van der Waals surface area contributed by atoms with Crippen molar-refractivity contribution in [2.45, 2.75) is 56.3 Å². The molecule has 3 aliphatic carbocycles. The van der Waals surface area contributed by atoms with Gasteiger partial charge in [0, 0.05) is 24.3 Å². The van der Waals surface area contributed by atoms with E-state index in [0.29, 0.717) is 12.0 Å². The van der Waals surface area contributed by atoms with Crippen molar-refractivity contribution in [1.82, 2.24) is 4.90 Å². The average Bonchev–Trinajstić information content (AvgIpc) is 2.88. The van der Waals surface area contributed by atoms with E-state index in [1.165, 1.54) is 31.1 Å². The molecule has 13 heteroatoms. The van der Waals surface area contributed by atoms with Crippen LogP contribution in [-0.4, -0.2) is 86.5 Å². The fraction of sp³-hybridized carbons (Fsp3) is 0.464. The van der Waals surface area contributed by atoms with Gasteiger partial charge >= 0.3 is 5.97 Å². The molecule has 1 aromatic carbocycles. The minimum atomic E-state index is -3.01. The van der Waals surface area contributed by atoms with Crippen LogP contribution in [0, 0.1) is 11.8 Å². The first kappa shape index (κ1) is 29.7. The number of amides is 2. The van der Waals surface area contributed by atoms with Crippen molar-refractivity contribution in [1.29, 1.82) is 0 Å². The number of esters is 1. The number of aliphatic hydroxyl groups excluding tert-OH is 2. The number of Topliss-reactive ketones (excluding diaryl/α,β-unsaturated/α-hetero) is 2. The van der Waals surface area contributed by atoms with E-state index in [9.17, 15) is 44.4 Å². The van der Waals surface area contributed by atoms with E-state index in [4.69, 9.17) is 16.2 Å². The summed E-state index contributed by atoms with van der Waals surface area (Å²) in [5.74, 6) is -10.7. The number of hydrogen-bond donors (Lipinski definition) is 6. The van der Waals surface area contributed by atoms with Crippen LogP contribution in [0.2, 0.25) is 0 Å². The number of ketones is 2. The summed E-state index contributed by atoms with van der Waals surface area (Å²) in [7, 11) is 2.94. The summed E-state index contributed by atoms with van der Waals surface area (Å²) in [6.07, 6.45) is -1.11. The summed E-state index contributed by atoms with van der Waals surface area (Å²) in [5.41, 5.74) is 6.32. The van der Waals surface area contributed by atoms with Gasteiger partial charge < -0.3 is 36.6 Å². The number of fused-ring (bicyclic) bond motifs is 3. The number of benzene rings is 1. The van der Waals surface area contributed by atoms with E-state index in [1.807, 2.05) is 0 Å². The number of carbonyl (C=O) groups is 5. The molecule has 41 heavy (non-hydrogen) atoms. The first-order valence-corrected chi connectivity index (χ1v) is 13.1. The highest BCUT2D eigenvalue weighted by Gasteiger charge is 2.68. The van der Waals surface area contributed by atoms with E-state index < -0.39 is 93.3 Å². The SMILES string of the molecule is CC1c2cccc(O)c2C(=O)C2=C(O)C3(O)C(=O)C(C(N)=O)=C(O)C(N(C)C)C3C(OC(=O)CCCCC(N)=O)C21. The van der Waals surface area contributed by atoms with Crippen LogP contribution in [0.5, 0.6) is 5.75 Å². The maximum absolute atomic E-state index is 13.8. The molecule has 0 saturated heterocycles. The number of likely N-dealkylation sites (N-methyl/N-ethyl adjacent to an activating group) is 1. The van der Waals surface area contributed by atoms with E-state index in [0.717, 1.165) is 0 Å². The highest BCUT2D eigenvalue weighted by molar-refractivity contribution is 6.25. The number of ether oxygens (including phenoxy) is 1. The lowest BCUT2D eigenvalue weighted by Crippen LogP contribution is -2.69. The van der Waals surface area contributed by atoms with Gasteiger partial charge in [0.2, 0.25) is 11.7 Å². The van der Waals surface area contributed by atoms with Crippen molar-refractivity contribution in [2.24, 2.45) is 23.3 Å². The first-order chi connectivity index (χ1) is 19.2. The van der Waals surface area contributed by atoms with Crippen molar-refractivity contribution in [3.8, 4) is 5.75 Å². The van der Waals surface area contributed by atoms with E-state index in [-0.39, 0.29) is 24.8 Å². The normalized spacial score (nSPS) is 29.1. The lowest BCUT2D eigenvalue weighted by molar-refractivity contribution is -0.181. The Morgan fingerprint density at radius 3 is 2.27 bits per heavy atom. The number of nitrogens with two attached hydrogens (primary N) is 2. The van der Waals surface area contributed by atoms with Crippen molar-refractivity contribution < 1.29 is 49.1 Å². The molecule has 0 radical (unpaired) electrons. The summed E-state index contributed by atoms with van der Waals surface area (Å²) in [6.45, 7) is 1.67. The Kier molecular flexibility index (Phi) is 7.71. The van der Waals surface area contributed by atoms with Crippen molar-refractivity contribution in [2.75, 3.05) is 14.1 Å². The van der Waals surface area contributed by atoms with Crippen LogP contribution in [0.15, 0.2) is 40.9 Å². The number of nitrogens with zero attached hydrogens (tertiary/aromatic N) is 1. The standard InChI is InChI=1S/C28H33N3O10/c1-11-12-7-6-8-13(32)17(12)22(35)18-16(11)24(41-15(34)10-5-4-9-14(29)33)20-21(31(2)3)23(36)19(27(30)39)26(38)28(20,40)25(18)37/h6-8,11,16,20-21,24,32,36-37,40H,4-5,9-10H2,1-3H3,(H2,29,33)(H2,30,39). The summed E-state index contributed by atoms with van der Waals surface area (Å²) in [4.78, 5) is 65.3. The van der Waals surface area contributed by atoms with E-state index >= 15 is 0 Å². The van der Waals surface area contributed by atoms with Crippen molar-refractivity contribution >= 4 is 29.4 Å². The molecule has 220 valence electrons. The number of phenolic OH excluding ortho intramolecular Hbond substituents is 1. The minimum Gasteiger partial charge on any atom is -0.510 e. The molecular formula is C28H33N3O10. The molecule has 3 aliphatic rings. The fourth-order valence-electron chi connectivity index (χ4n) is 6.47. The number of aromatic hydroxyl groups is 1. The largest absolute Gasteiger partial charge is 0.510 e. The molecular weight excluding hydrogens is 538 g/mol. The molecule has 6 unspecified atom stereocenters. The molecule has 0 aromatic heterocycles. The number of carbonyl (C=O) groups excluding carboxylic acids is 5. The summed E-state index contributed by atoms with van der Waals surface area (Å²) in [5, 5.41) is 45.2. The summed E-state index contributed by atoms with van der Waals surface area (Å²) < 4.78 is 5.88. The van der Waals surface area contributed by atoms with Gasteiger partial charge in [0.25, 0.3) is 5.91 Å². The molecule has 0 spiro atoms. The van der Waals surface area contributed by atoms with Gasteiger partial charge in [-0.15, -0.1) is 0 Å². The van der Waals surface area contributed by atoms with Gasteiger partial charge in [-0.2, -0.15) is 0 Å². The van der Waals surface area contributed by atoms with Crippen LogP contribution in [0.3, 0.4) is 0 Å². The number of primary amides is 2. The predicted octanol–water partition coefficient (Wildman–Crippen LogP) is 0.249. The highest BCUT2D eigenvalue weighted by Crippen LogP contribution is 2.56. The topological polar surface area (TPSA) is 231 Å². The van der Waals surface area contributed by atoms with Crippen molar-refractivity contribution in [3.63, 3.8) is 0 Å². The Balaban J connectivity index is 1.95. The van der Waals surface area contributed by atoms with Crippen LogP contribution in [0.4, 0.5) is 0 Å².